The summed E-state index contributed by atoms with van der Waals surface area (Å²) in [6, 6.07) is 16.5. The maximum absolute atomic E-state index is 13.1. The lowest BCUT2D eigenvalue weighted by Crippen LogP contribution is -2.28. The first-order valence-electron chi connectivity index (χ1n) is 11.0. The summed E-state index contributed by atoms with van der Waals surface area (Å²) in [5, 5.41) is 15.2. The first-order chi connectivity index (χ1) is 15.1. The van der Waals surface area contributed by atoms with E-state index >= 15 is 0 Å². The SMILES string of the molecule is OC(CN1C[C@H]2C[C@@H](Oc3ccc(F)cc3)C[C@H]2C1)c1cnn(Cc2ccccc2)c1. The van der Waals surface area contributed by atoms with Crippen molar-refractivity contribution in [2.24, 2.45) is 11.8 Å². The Labute approximate surface area is 182 Å². The van der Waals surface area contributed by atoms with Crippen LogP contribution in [-0.2, 0) is 6.54 Å². The molecule has 1 aliphatic carbocycles. The van der Waals surface area contributed by atoms with Crippen LogP contribution in [0, 0.1) is 17.7 Å². The van der Waals surface area contributed by atoms with E-state index in [1.54, 1.807) is 18.3 Å². The second-order valence-electron chi connectivity index (χ2n) is 8.88. The number of aliphatic hydroxyl groups excluding tert-OH is 1. The molecule has 0 amide bonds. The van der Waals surface area contributed by atoms with Gasteiger partial charge in [0, 0.05) is 31.4 Å². The minimum atomic E-state index is -0.533. The van der Waals surface area contributed by atoms with Crippen molar-refractivity contribution in [1.29, 1.82) is 0 Å². The summed E-state index contributed by atoms with van der Waals surface area (Å²) in [6.45, 7) is 3.32. The van der Waals surface area contributed by atoms with Crippen molar-refractivity contribution in [2.45, 2.75) is 31.6 Å². The molecule has 2 aromatic carbocycles. The van der Waals surface area contributed by atoms with Gasteiger partial charge in [-0.25, -0.2) is 4.39 Å². The number of β-amino-alcohol motifs (C(OH)–C–C–N with tert-alkyl or cyclic N) is 1. The van der Waals surface area contributed by atoms with Gasteiger partial charge in [0.2, 0.25) is 0 Å². The summed E-state index contributed by atoms with van der Waals surface area (Å²) in [5.41, 5.74) is 2.06. The highest BCUT2D eigenvalue weighted by Gasteiger charge is 2.42. The zero-order valence-corrected chi connectivity index (χ0v) is 17.5. The number of aliphatic hydroxyl groups is 1. The molecule has 2 heterocycles. The van der Waals surface area contributed by atoms with E-state index in [9.17, 15) is 9.50 Å². The Bertz CT molecular complexity index is 978. The van der Waals surface area contributed by atoms with E-state index in [0.717, 1.165) is 37.2 Å². The maximum atomic E-state index is 13.1. The molecule has 0 radical (unpaired) electrons. The predicted octanol–water partition coefficient (Wildman–Crippen LogP) is 3.89. The zero-order chi connectivity index (χ0) is 21.2. The fourth-order valence-electron chi connectivity index (χ4n) is 5.05. The van der Waals surface area contributed by atoms with Crippen molar-refractivity contribution >= 4 is 0 Å². The van der Waals surface area contributed by atoms with E-state index in [-0.39, 0.29) is 11.9 Å². The average Bonchev–Trinajstić information content (AvgIpc) is 3.46. The molecule has 162 valence electrons. The standard InChI is InChI=1S/C25H28FN3O2/c26-22-6-8-23(9-7-22)31-24-10-19-14-28(15-20(19)11-24)17-25(30)21-12-27-29(16-21)13-18-4-2-1-3-5-18/h1-9,12,16,19-20,24-25,30H,10-11,13-15,17H2/t19-,20+,24-,25?. The minimum absolute atomic E-state index is 0.198. The third-order valence-corrected chi connectivity index (χ3v) is 6.56. The minimum Gasteiger partial charge on any atom is -0.490 e. The molecule has 5 rings (SSSR count). The largest absolute Gasteiger partial charge is 0.490 e. The summed E-state index contributed by atoms with van der Waals surface area (Å²) in [7, 11) is 0. The molecule has 1 unspecified atom stereocenters. The van der Waals surface area contributed by atoms with E-state index in [0.29, 0.717) is 24.9 Å². The van der Waals surface area contributed by atoms with E-state index in [1.807, 2.05) is 29.1 Å². The van der Waals surface area contributed by atoms with Crippen LogP contribution in [-0.4, -0.2) is 45.5 Å². The normalized spacial score (nSPS) is 24.3. The van der Waals surface area contributed by atoms with Crippen LogP contribution >= 0.6 is 0 Å². The van der Waals surface area contributed by atoms with Crippen LogP contribution in [0.2, 0.25) is 0 Å². The van der Waals surface area contributed by atoms with Crippen molar-refractivity contribution in [2.75, 3.05) is 19.6 Å². The Morgan fingerprint density at radius 2 is 1.74 bits per heavy atom. The van der Waals surface area contributed by atoms with Crippen molar-refractivity contribution in [3.63, 3.8) is 0 Å². The molecule has 6 heteroatoms. The average molecular weight is 422 g/mol. The summed E-state index contributed by atoms with van der Waals surface area (Å²) in [6.07, 6.45) is 5.42. The molecule has 0 spiro atoms. The smallest absolute Gasteiger partial charge is 0.123 e. The van der Waals surface area contributed by atoms with E-state index < -0.39 is 6.10 Å². The van der Waals surface area contributed by atoms with Crippen LogP contribution in [0.15, 0.2) is 67.0 Å². The molecule has 1 saturated heterocycles. The molecule has 2 aliphatic rings. The number of fused-ring (bicyclic) bond motifs is 1. The number of hydrogen-bond acceptors (Lipinski definition) is 4. The third kappa shape index (κ3) is 4.81. The lowest BCUT2D eigenvalue weighted by atomic mass is 10.0. The van der Waals surface area contributed by atoms with Crippen molar-refractivity contribution in [3.8, 4) is 5.75 Å². The number of benzene rings is 2. The van der Waals surface area contributed by atoms with E-state index in [1.165, 1.54) is 17.7 Å². The highest BCUT2D eigenvalue weighted by molar-refractivity contribution is 5.22. The molecule has 4 atom stereocenters. The lowest BCUT2D eigenvalue weighted by molar-refractivity contribution is 0.116. The van der Waals surface area contributed by atoms with Gasteiger partial charge in [-0.05, 0) is 54.5 Å². The third-order valence-electron chi connectivity index (χ3n) is 6.56. The van der Waals surface area contributed by atoms with Crippen LogP contribution < -0.4 is 4.74 Å². The molecule has 1 N–H and O–H groups in total. The van der Waals surface area contributed by atoms with Gasteiger partial charge in [-0.1, -0.05) is 30.3 Å². The van der Waals surface area contributed by atoms with Crippen molar-refractivity contribution < 1.29 is 14.2 Å². The van der Waals surface area contributed by atoms with E-state index in [4.69, 9.17) is 4.74 Å². The molecule has 1 aromatic heterocycles. The predicted molar refractivity (Wildman–Crippen MR) is 116 cm³/mol. The molecule has 5 nitrogen and oxygen atoms in total. The molecule has 3 aromatic rings. The number of ether oxygens (including phenoxy) is 1. The van der Waals surface area contributed by atoms with Gasteiger partial charge >= 0.3 is 0 Å². The number of halogens is 1. The van der Waals surface area contributed by atoms with Gasteiger partial charge < -0.3 is 9.84 Å². The van der Waals surface area contributed by atoms with Crippen LogP contribution in [0.1, 0.15) is 30.1 Å². The summed E-state index contributed by atoms with van der Waals surface area (Å²) in [4.78, 5) is 2.36. The Morgan fingerprint density at radius 3 is 2.45 bits per heavy atom. The number of aromatic nitrogens is 2. The van der Waals surface area contributed by atoms with Crippen LogP contribution in [0.5, 0.6) is 5.75 Å². The first kappa shape index (κ1) is 20.2. The Morgan fingerprint density at radius 1 is 1.03 bits per heavy atom. The number of likely N-dealkylation sites (tertiary alicyclic amines) is 1. The van der Waals surface area contributed by atoms with Gasteiger partial charge in [0.25, 0.3) is 0 Å². The van der Waals surface area contributed by atoms with Crippen molar-refractivity contribution in [3.05, 3.63) is 83.9 Å². The van der Waals surface area contributed by atoms with Gasteiger partial charge in [-0.3, -0.25) is 9.58 Å². The number of hydrogen-bond donors (Lipinski definition) is 1. The Hall–Kier alpha value is -2.70. The van der Waals surface area contributed by atoms with Gasteiger partial charge in [-0.2, -0.15) is 5.10 Å². The molecule has 1 aliphatic heterocycles. The molecular formula is C25H28FN3O2. The van der Waals surface area contributed by atoms with Gasteiger partial charge in [-0.15, -0.1) is 0 Å². The second kappa shape index (κ2) is 8.81. The molecule has 31 heavy (non-hydrogen) atoms. The number of nitrogens with zero attached hydrogens (tertiary/aromatic N) is 3. The highest BCUT2D eigenvalue weighted by Crippen LogP contribution is 2.40. The maximum Gasteiger partial charge on any atom is 0.123 e. The molecule has 1 saturated carbocycles. The summed E-state index contributed by atoms with van der Waals surface area (Å²) >= 11 is 0. The topological polar surface area (TPSA) is 50.5 Å². The molecular weight excluding hydrogens is 393 g/mol. The first-order valence-corrected chi connectivity index (χ1v) is 11.0. The number of rotatable bonds is 7. The van der Waals surface area contributed by atoms with Crippen LogP contribution in [0.3, 0.4) is 0 Å². The monoisotopic (exact) mass is 421 g/mol. The Balaban J connectivity index is 1.11. The molecule has 0 bridgehead atoms. The molecule has 2 fully saturated rings. The zero-order valence-electron chi connectivity index (χ0n) is 17.5. The Kier molecular flexibility index (Phi) is 5.74. The fourth-order valence-corrected chi connectivity index (χ4v) is 5.05. The van der Waals surface area contributed by atoms with Crippen LogP contribution in [0.4, 0.5) is 4.39 Å². The van der Waals surface area contributed by atoms with E-state index in [2.05, 4.69) is 22.1 Å². The lowest BCUT2D eigenvalue weighted by Gasteiger charge is -2.22. The van der Waals surface area contributed by atoms with Gasteiger partial charge in [0.15, 0.2) is 0 Å². The van der Waals surface area contributed by atoms with Crippen LogP contribution in [0.25, 0.3) is 0 Å². The van der Waals surface area contributed by atoms with Gasteiger partial charge in [0.1, 0.15) is 11.6 Å². The fraction of sp³-hybridized carbons (Fsp3) is 0.400. The second-order valence-corrected chi connectivity index (χ2v) is 8.88. The summed E-state index contributed by atoms with van der Waals surface area (Å²) < 4.78 is 21.0. The highest BCUT2D eigenvalue weighted by atomic mass is 19.1. The van der Waals surface area contributed by atoms with Gasteiger partial charge in [0.05, 0.1) is 24.9 Å². The quantitative estimate of drug-likeness (QED) is 0.629. The van der Waals surface area contributed by atoms with Crippen molar-refractivity contribution in [1.82, 2.24) is 14.7 Å². The summed E-state index contributed by atoms with van der Waals surface area (Å²) in [5.74, 6) is 1.69.